The average molecular weight is 216 g/mol. The quantitative estimate of drug-likeness (QED) is 0.654. The third-order valence-electron chi connectivity index (χ3n) is 2.22. The van der Waals surface area contributed by atoms with E-state index in [9.17, 15) is 4.79 Å². The van der Waals surface area contributed by atoms with E-state index in [1.165, 1.54) is 0 Å². The zero-order valence-electron chi connectivity index (χ0n) is 7.46. The molecule has 0 aromatic heterocycles. The van der Waals surface area contributed by atoms with Crippen LogP contribution >= 0.6 is 11.6 Å². The Labute approximate surface area is 86.3 Å². The van der Waals surface area contributed by atoms with Gasteiger partial charge in [-0.3, -0.25) is 4.79 Å². The summed E-state index contributed by atoms with van der Waals surface area (Å²) in [4.78, 5) is 9.90. The molecule has 0 aromatic rings. The minimum absolute atomic E-state index is 0.260. The molecule has 1 amide bonds. The summed E-state index contributed by atoms with van der Waals surface area (Å²) in [6.07, 6.45) is 3.44. The molecular formula is C9H10ClNO3. The van der Waals surface area contributed by atoms with E-state index in [0.717, 1.165) is 0 Å². The number of halogens is 1. The molecule has 1 unspecified atom stereocenters. The number of hydrogen-bond donors (Lipinski definition) is 1. The molecule has 0 aromatic carbocycles. The summed E-state index contributed by atoms with van der Waals surface area (Å²) in [6.45, 7) is 1.01. The van der Waals surface area contributed by atoms with Gasteiger partial charge < -0.3 is 15.2 Å². The summed E-state index contributed by atoms with van der Waals surface area (Å²) in [5.74, 6) is 0.678. The zero-order chi connectivity index (χ0) is 10.2. The van der Waals surface area contributed by atoms with Crippen LogP contribution in [0.5, 0.6) is 0 Å². The van der Waals surface area contributed by atoms with Crippen LogP contribution in [0.2, 0.25) is 0 Å². The molecule has 1 atom stereocenters. The molecule has 0 spiro atoms. The molecule has 0 radical (unpaired) electrons. The van der Waals surface area contributed by atoms with Gasteiger partial charge in [-0.15, -0.1) is 11.6 Å². The second kappa shape index (κ2) is 3.20. The van der Waals surface area contributed by atoms with Crippen molar-refractivity contribution in [2.75, 3.05) is 13.2 Å². The Kier molecular flexibility index (Phi) is 2.15. The fraction of sp³-hybridized carbons (Fsp3) is 0.444. The Hall–Kier alpha value is -1.16. The maximum atomic E-state index is 11.1. The van der Waals surface area contributed by atoms with E-state index in [-0.39, 0.29) is 6.42 Å². The summed E-state index contributed by atoms with van der Waals surface area (Å²) in [5.41, 5.74) is 5.18. The van der Waals surface area contributed by atoms with Crippen LogP contribution in [0.15, 0.2) is 23.7 Å². The molecule has 0 bridgehead atoms. The number of amides is 1. The number of alkyl halides is 1. The van der Waals surface area contributed by atoms with Gasteiger partial charge in [0, 0.05) is 6.42 Å². The topological polar surface area (TPSA) is 61.6 Å². The summed E-state index contributed by atoms with van der Waals surface area (Å²) in [6, 6.07) is 0. The molecule has 14 heavy (non-hydrogen) atoms. The van der Waals surface area contributed by atoms with Crippen molar-refractivity contribution in [3.05, 3.63) is 23.7 Å². The number of ether oxygens (including phenoxy) is 2. The predicted molar refractivity (Wildman–Crippen MR) is 50.5 cm³/mol. The van der Waals surface area contributed by atoms with Gasteiger partial charge in [0.1, 0.15) is 23.8 Å². The number of nitrogens with two attached hydrogens (primary N) is 1. The Morgan fingerprint density at radius 1 is 1.50 bits per heavy atom. The van der Waals surface area contributed by atoms with Crippen molar-refractivity contribution >= 4 is 17.5 Å². The molecule has 5 heteroatoms. The Balaban J connectivity index is 2.25. The minimum atomic E-state index is -1.17. The van der Waals surface area contributed by atoms with E-state index in [0.29, 0.717) is 24.7 Å². The van der Waals surface area contributed by atoms with E-state index >= 15 is 0 Å². The second-order valence-electron chi connectivity index (χ2n) is 3.22. The van der Waals surface area contributed by atoms with Gasteiger partial charge >= 0.3 is 0 Å². The molecule has 1 heterocycles. The molecule has 76 valence electrons. The fourth-order valence-electron chi connectivity index (χ4n) is 1.42. The van der Waals surface area contributed by atoms with Gasteiger partial charge in [-0.05, 0) is 6.08 Å². The number of rotatable bonds is 1. The lowest BCUT2D eigenvalue weighted by atomic mass is 9.96. The maximum absolute atomic E-state index is 11.1. The highest BCUT2D eigenvalue weighted by Gasteiger charge is 2.37. The molecule has 1 aliphatic carbocycles. The first-order chi connectivity index (χ1) is 6.62. The molecular weight excluding hydrogens is 206 g/mol. The van der Waals surface area contributed by atoms with E-state index in [2.05, 4.69) is 0 Å². The number of allylic oxidation sites excluding steroid dienone is 2. The van der Waals surface area contributed by atoms with E-state index in [1.54, 1.807) is 12.2 Å². The highest BCUT2D eigenvalue weighted by molar-refractivity contribution is 6.36. The first-order valence-corrected chi connectivity index (χ1v) is 4.66. The fourth-order valence-corrected chi connectivity index (χ4v) is 1.60. The molecule has 2 aliphatic rings. The lowest BCUT2D eigenvalue weighted by molar-refractivity contribution is -0.119. The van der Waals surface area contributed by atoms with Crippen LogP contribution < -0.4 is 5.73 Å². The van der Waals surface area contributed by atoms with Crippen molar-refractivity contribution in [2.45, 2.75) is 11.3 Å². The number of hydrogen-bond acceptors (Lipinski definition) is 3. The highest BCUT2D eigenvalue weighted by Crippen LogP contribution is 2.34. The Bertz CT molecular complexity index is 337. The van der Waals surface area contributed by atoms with Crippen LogP contribution in [0.25, 0.3) is 0 Å². The SMILES string of the molecule is NC(=O)C1(Cl)C=CC2=C(C1)OCCO2. The first-order valence-electron chi connectivity index (χ1n) is 4.29. The third kappa shape index (κ3) is 1.46. The normalized spacial score (nSPS) is 30.4. The van der Waals surface area contributed by atoms with Crippen LogP contribution in [-0.4, -0.2) is 24.0 Å². The highest BCUT2D eigenvalue weighted by atomic mass is 35.5. The van der Waals surface area contributed by atoms with E-state index < -0.39 is 10.8 Å². The number of carbonyl (C=O) groups excluding carboxylic acids is 1. The van der Waals surface area contributed by atoms with Crippen molar-refractivity contribution in [1.29, 1.82) is 0 Å². The molecule has 0 saturated carbocycles. The molecule has 2 rings (SSSR count). The van der Waals surface area contributed by atoms with Crippen LogP contribution in [0.4, 0.5) is 0 Å². The number of carbonyl (C=O) groups is 1. The minimum Gasteiger partial charge on any atom is -0.490 e. The van der Waals surface area contributed by atoms with Crippen molar-refractivity contribution < 1.29 is 14.3 Å². The summed E-state index contributed by atoms with van der Waals surface area (Å²) in [5, 5.41) is 0. The maximum Gasteiger partial charge on any atom is 0.243 e. The lowest BCUT2D eigenvalue weighted by Crippen LogP contribution is -2.39. The first kappa shape index (κ1) is 9.40. The van der Waals surface area contributed by atoms with Gasteiger partial charge in [0.05, 0.1) is 0 Å². The van der Waals surface area contributed by atoms with Gasteiger partial charge in [0.2, 0.25) is 5.91 Å². The molecule has 4 nitrogen and oxygen atoms in total. The Morgan fingerprint density at radius 3 is 2.93 bits per heavy atom. The van der Waals surface area contributed by atoms with Gasteiger partial charge in [0.25, 0.3) is 0 Å². The molecule has 2 N–H and O–H groups in total. The smallest absolute Gasteiger partial charge is 0.243 e. The zero-order valence-corrected chi connectivity index (χ0v) is 8.21. The van der Waals surface area contributed by atoms with E-state index in [4.69, 9.17) is 26.8 Å². The Morgan fingerprint density at radius 2 is 2.21 bits per heavy atom. The largest absolute Gasteiger partial charge is 0.490 e. The molecule has 0 saturated heterocycles. The standard InChI is InChI=1S/C9H10ClNO3/c10-9(8(11)12)2-1-6-7(5-9)14-4-3-13-6/h1-2H,3-5H2,(H2,11,12). The monoisotopic (exact) mass is 215 g/mol. The van der Waals surface area contributed by atoms with Crippen LogP contribution in [-0.2, 0) is 14.3 Å². The summed E-state index contributed by atoms with van der Waals surface area (Å²) in [7, 11) is 0. The molecule has 1 aliphatic heterocycles. The summed E-state index contributed by atoms with van der Waals surface area (Å²) >= 11 is 6.00. The van der Waals surface area contributed by atoms with Crippen molar-refractivity contribution in [2.24, 2.45) is 5.73 Å². The van der Waals surface area contributed by atoms with Crippen LogP contribution in [0.1, 0.15) is 6.42 Å². The van der Waals surface area contributed by atoms with Gasteiger partial charge in [-0.1, -0.05) is 6.08 Å². The van der Waals surface area contributed by atoms with Crippen molar-refractivity contribution in [3.63, 3.8) is 0 Å². The van der Waals surface area contributed by atoms with E-state index in [1.807, 2.05) is 0 Å². The van der Waals surface area contributed by atoms with Gasteiger partial charge in [-0.2, -0.15) is 0 Å². The average Bonchev–Trinajstić information content (AvgIpc) is 2.17. The van der Waals surface area contributed by atoms with Gasteiger partial charge in [0.15, 0.2) is 5.76 Å². The van der Waals surface area contributed by atoms with Gasteiger partial charge in [-0.25, -0.2) is 0 Å². The van der Waals surface area contributed by atoms with Crippen molar-refractivity contribution in [1.82, 2.24) is 0 Å². The predicted octanol–water partition coefficient (Wildman–Crippen LogP) is 0.668. The van der Waals surface area contributed by atoms with Crippen LogP contribution in [0, 0.1) is 0 Å². The molecule has 0 fully saturated rings. The van der Waals surface area contributed by atoms with Crippen LogP contribution in [0.3, 0.4) is 0 Å². The third-order valence-corrected chi connectivity index (χ3v) is 2.66. The summed E-state index contributed by atoms with van der Waals surface area (Å²) < 4.78 is 10.7. The number of primary amides is 1. The lowest BCUT2D eigenvalue weighted by Gasteiger charge is -2.29. The second-order valence-corrected chi connectivity index (χ2v) is 3.90. The van der Waals surface area contributed by atoms with Crippen molar-refractivity contribution in [3.8, 4) is 0 Å².